The van der Waals surface area contributed by atoms with Crippen LogP contribution in [0.4, 0.5) is 5.69 Å². The number of hydrogen-bond acceptors (Lipinski definition) is 2. The van der Waals surface area contributed by atoms with Crippen LogP contribution in [0, 0.1) is 27.7 Å². The molecular formula is C18H22N2O. The quantitative estimate of drug-likeness (QED) is 0.899. The van der Waals surface area contributed by atoms with Crippen molar-refractivity contribution in [3.63, 3.8) is 0 Å². The lowest BCUT2D eigenvalue weighted by Gasteiger charge is -2.14. The van der Waals surface area contributed by atoms with Gasteiger partial charge in [-0.25, -0.2) is 0 Å². The zero-order chi connectivity index (χ0) is 15.6. The Bertz CT molecular complexity index is 690. The van der Waals surface area contributed by atoms with Gasteiger partial charge in [0.1, 0.15) is 0 Å². The highest BCUT2D eigenvalue weighted by atomic mass is 16.1. The van der Waals surface area contributed by atoms with Crippen molar-refractivity contribution in [1.29, 1.82) is 0 Å². The van der Waals surface area contributed by atoms with E-state index in [-0.39, 0.29) is 0 Å². The first-order valence-electron chi connectivity index (χ1n) is 7.09. The van der Waals surface area contributed by atoms with Crippen molar-refractivity contribution >= 4 is 11.6 Å². The van der Waals surface area contributed by atoms with Gasteiger partial charge in [-0.15, -0.1) is 0 Å². The first-order valence-corrected chi connectivity index (χ1v) is 7.09. The number of hydrogen-bond donors (Lipinski definition) is 2. The van der Waals surface area contributed by atoms with Crippen molar-refractivity contribution in [3.8, 4) is 0 Å². The highest BCUT2D eigenvalue weighted by Gasteiger charge is 2.06. The molecule has 0 aliphatic heterocycles. The number of aryl methyl sites for hydroxylation is 4. The summed E-state index contributed by atoms with van der Waals surface area (Å²) in [6.07, 6.45) is 0. The van der Waals surface area contributed by atoms with Crippen LogP contribution in [0.15, 0.2) is 30.3 Å². The molecule has 110 valence electrons. The monoisotopic (exact) mass is 282 g/mol. The second-order valence-corrected chi connectivity index (χ2v) is 5.61. The number of primary amides is 1. The van der Waals surface area contributed by atoms with Crippen LogP contribution in [0.1, 0.15) is 38.2 Å². The van der Waals surface area contributed by atoms with Gasteiger partial charge in [-0.2, -0.15) is 0 Å². The lowest BCUT2D eigenvalue weighted by molar-refractivity contribution is 0.1000. The molecule has 1 amide bonds. The molecule has 3 N–H and O–H groups in total. The third kappa shape index (κ3) is 3.43. The van der Waals surface area contributed by atoms with Gasteiger partial charge >= 0.3 is 0 Å². The van der Waals surface area contributed by atoms with E-state index in [1.54, 1.807) is 6.07 Å². The van der Waals surface area contributed by atoms with Crippen LogP contribution in [0.25, 0.3) is 0 Å². The van der Waals surface area contributed by atoms with Crippen molar-refractivity contribution in [1.82, 2.24) is 0 Å². The summed E-state index contributed by atoms with van der Waals surface area (Å²) in [7, 11) is 0. The van der Waals surface area contributed by atoms with E-state index in [1.165, 1.54) is 22.3 Å². The molecule has 0 radical (unpaired) electrons. The smallest absolute Gasteiger partial charge is 0.248 e. The van der Waals surface area contributed by atoms with E-state index in [0.717, 1.165) is 17.8 Å². The average molecular weight is 282 g/mol. The molecule has 0 bridgehead atoms. The Morgan fingerprint density at radius 3 is 2.24 bits per heavy atom. The van der Waals surface area contributed by atoms with Crippen LogP contribution in [0.3, 0.4) is 0 Å². The van der Waals surface area contributed by atoms with Crippen LogP contribution >= 0.6 is 0 Å². The molecule has 2 rings (SSSR count). The van der Waals surface area contributed by atoms with Crippen LogP contribution in [0.5, 0.6) is 0 Å². The molecule has 21 heavy (non-hydrogen) atoms. The van der Waals surface area contributed by atoms with Crippen LogP contribution in [-0.4, -0.2) is 5.91 Å². The van der Waals surface area contributed by atoms with Gasteiger partial charge in [0.2, 0.25) is 5.91 Å². The fourth-order valence-electron chi connectivity index (χ4n) is 2.42. The molecule has 0 saturated heterocycles. The second kappa shape index (κ2) is 6.00. The maximum atomic E-state index is 11.2. The van der Waals surface area contributed by atoms with E-state index in [4.69, 9.17) is 5.73 Å². The van der Waals surface area contributed by atoms with Crippen molar-refractivity contribution in [3.05, 3.63) is 63.7 Å². The van der Waals surface area contributed by atoms with Crippen molar-refractivity contribution in [2.75, 3.05) is 5.32 Å². The summed E-state index contributed by atoms with van der Waals surface area (Å²) >= 11 is 0. The average Bonchev–Trinajstić information content (AvgIpc) is 2.42. The van der Waals surface area contributed by atoms with E-state index >= 15 is 0 Å². The molecule has 0 fully saturated rings. The Balaban J connectivity index is 2.17. The number of nitrogens with one attached hydrogen (secondary N) is 1. The molecule has 0 heterocycles. The first kappa shape index (κ1) is 15.1. The van der Waals surface area contributed by atoms with Crippen LogP contribution < -0.4 is 11.1 Å². The fourth-order valence-corrected chi connectivity index (χ4v) is 2.42. The third-order valence-corrected chi connectivity index (χ3v) is 3.93. The van der Waals surface area contributed by atoms with Crippen molar-refractivity contribution in [2.24, 2.45) is 5.73 Å². The molecule has 0 aromatic heterocycles. The third-order valence-electron chi connectivity index (χ3n) is 3.93. The number of carbonyl (C=O) groups excluding carboxylic acids is 1. The van der Waals surface area contributed by atoms with E-state index in [2.05, 4.69) is 38.2 Å². The molecule has 3 heteroatoms. The molecule has 0 aliphatic rings. The Hall–Kier alpha value is -2.29. The summed E-state index contributed by atoms with van der Waals surface area (Å²) in [4.78, 5) is 11.2. The summed E-state index contributed by atoms with van der Waals surface area (Å²) in [6, 6.07) is 9.93. The Morgan fingerprint density at radius 1 is 0.952 bits per heavy atom. The number of benzene rings is 2. The van der Waals surface area contributed by atoms with Gasteiger partial charge in [-0.1, -0.05) is 12.1 Å². The zero-order valence-corrected chi connectivity index (χ0v) is 13.1. The zero-order valence-electron chi connectivity index (χ0n) is 13.1. The number of nitrogens with two attached hydrogens (primary N) is 1. The molecule has 0 atom stereocenters. The first-order chi connectivity index (χ1) is 9.88. The maximum Gasteiger partial charge on any atom is 0.248 e. The molecule has 0 saturated carbocycles. The largest absolute Gasteiger partial charge is 0.381 e. The predicted molar refractivity (Wildman–Crippen MR) is 87.7 cm³/mol. The molecular weight excluding hydrogens is 260 g/mol. The fraction of sp³-hybridized carbons (Fsp3) is 0.278. The topological polar surface area (TPSA) is 55.1 Å². The molecule has 3 nitrogen and oxygen atoms in total. The van der Waals surface area contributed by atoms with E-state index in [1.807, 2.05) is 19.1 Å². The van der Waals surface area contributed by atoms with Crippen molar-refractivity contribution < 1.29 is 4.79 Å². The van der Waals surface area contributed by atoms with E-state index in [9.17, 15) is 4.79 Å². The van der Waals surface area contributed by atoms with Gasteiger partial charge < -0.3 is 11.1 Å². The Labute approximate surface area is 126 Å². The van der Waals surface area contributed by atoms with Gasteiger partial charge in [-0.05, 0) is 73.7 Å². The van der Waals surface area contributed by atoms with Gasteiger partial charge in [0.05, 0.1) is 0 Å². The second-order valence-electron chi connectivity index (χ2n) is 5.61. The van der Waals surface area contributed by atoms with Gasteiger partial charge in [0.15, 0.2) is 0 Å². The highest BCUT2D eigenvalue weighted by molar-refractivity contribution is 5.93. The normalized spacial score (nSPS) is 10.5. The summed E-state index contributed by atoms with van der Waals surface area (Å²) in [5.41, 5.74) is 13.1. The molecule has 0 aliphatic carbocycles. The number of amides is 1. The van der Waals surface area contributed by atoms with Crippen molar-refractivity contribution in [2.45, 2.75) is 34.2 Å². The lowest BCUT2D eigenvalue weighted by Crippen LogP contribution is -2.11. The van der Waals surface area contributed by atoms with Crippen LogP contribution in [-0.2, 0) is 6.54 Å². The minimum atomic E-state index is -0.394. The van der Waals surface area contributed by atoms with Gasteiger partial charge in [0, 0.05) is 17.8 Å². The number of carbonyl (C=O) groups is 1. The summed E-state index contributed by atoms with van der Waals surface area (Å²) in [5.74, 6) is -0.394. The minimum absolute atomic E-state index is 0.394. The minimum Gasteiger partial charge on any atom is -0.381 e. The predicted octanol–water partition coefficient (Wildman–Crippen LogP) is 3.63. The molecule has 0 spiro atoms. The molecule has 2 aromatic carbocycles. The summed E-state index contributed by atoms with van der Waals surface area (Å²) in [6.45, 7) is 9.13. The van der Waals surface area contributed by atoms with E-state index < -0.39 is 5.91 Å². The molecule has 0 unspecified atom stereocenters. The number of rotatable bonds is 4. The summed E-state index contributed by atoms with van der Waals surface area (Å²) in [5, 5.41) is 3.43. The standard InChI is InChI=1S/C18H22N2O/c1-11-7-13(3)16(8-12(11)2)10-20-17-6-5-15(18(19)21)9-14(17)4/h5-9,20H,10H2,1-4H3,(H2,19,21). The maximum absolute atomic E-state index is 11.2. The Kier molecular flexibility index (Phi) is 4.32. The summed E-state index contributed by atoms with van der Waals surface area (Å²) < 4.78 is 0. The molecule has 2 aromatic rings. The van der Waals surface area contributed by atoms with Gasteiger partial charge in [-0.3, -0.25) is 4.79 Å². The SMILES string of the molecule is Cc1cc(C)c(CNc2ccc(C(N)=O)cc2C)cc1C. The Morgan fingerprint density at radius 2 is 1.62 bits per heavy atom. The highest BCUT2D eigenvalue weighted by Crippen LogP contribution is 2.20. The number of anilines is 1. The van der Waals surface area contributed by atoms with E-state index in [0.29, 0.717) is 5.56 Å². The lowest BCUT2D eigenvalue weighted by atomic mass is 10.0. The van der Waals surface area contributed by atoms with Gasteiger partial charge in [0.25, 0.3) is 0 Å². The van der Waals surface area contributed by atoms with Crippen LogP contribution in [0.2, 0.25) is 0 Å².